The summed E-state index contributed by atoms with van der Waals surface area (Å²) in [6.07, 6.45) is -1.49. The highest BCUT2D eigenvalue weighted by Crippen LogP contribution is 2.31. The van der Waals surface area contributed by atoms with Crippen molar-refractivity contribution >= 4 is 0 Å². The van der Waals surface area contributed by atoms with Gasteiger partial charge in [-0.3, -0.25) is 9.58 Å². The van der Waals surface area contributed by atoms with E-state index in [-0.39, 0.29) is 12.1 Å². The second-order valence-corrected chi connectivity index (χ2v) is 5.78. The first-order valence-electron chi connectivity index (χ1n) is 7.45. The van der Waals surface area contributed by atoms with Crippen molar-refractivity contribution in [2.45, 2.75) is 38.0 Å². The van der Waals surface area contributed by atoms with Gasteiger partial charge in [0.2, 0.25) is 0 Å². The van der Waals surface area contributed by atoms with Crippen LogP contribution in [0.15, 0.2) is 12.3 Å². The minimum atomic E-state index is -4.39. The number of halogens is 3. The van der Waals surface area contributed by atoms with Crippen LogP contribution >= 0.6 is 0 Å². The minimum absolute atomic E-state index is 0.00725. The summed E-state index contributed by atoms with van der Waals surface area (Å²) in [6.45, 7) is 3.56. The third kappa shape index (κ3) is 3.21. The summed E-state index contributed by atoms with van der Waals surface area (Å²) in [7, 11) is 1.79. The summed E-state index contributed by atoms with van der Waals surface area (Å²) in [5.74, 6) is 0.780. The van der Waals surface area contributed by atoms with Crippen LogP contribution in [0.2, 0.25) is 0 Å². The van der Waals surface area contributed by atoms with E-state index in [1.807, 2.05) is 6.92 Å². The monoisotopic (exact) mass is 329 g/mol. The Bertz CT molecular complexity index is 655. The first kappa shape index (κ1) is 15.9. The predicted molar refractivity (Wildman–Crippen MR) is 74.3 cm³/mol. The standard InChI is InChI=1S/C13H18F3N7/c1-9(12-17-19-20-21(12)2)22-6-3-10(4-7-22)23-8-5-11(18-23)13(14,15)16/h5,8-10H,3-4,6-7H2,1-2H3/t9-/m0/s1. The summed E-state index contributed by atoms with van der Waals surface area (Å²) in [4.78, 5) is 2.23. The molecule has 0 bridgehead atoms. The van der Waals surface area contributed by atoms with Crippen molar-refractivity contribution in [3.05, 3.63) is 23.8 Å². The Labute approximate surface area is 131 Å². The number of tetrazole rings is 1. The SMILES string of the molecule is C[C@@H](c1nnnn1C)N1CCC(n2ccc(C(F)(F)F)n2)CC1. The second-order valence-electron chi connectivity index (χ2n) is 5.78. The van der Waals surface area contributed by atoms with E-state index in [1.54, 1.807) is 11.7 Å². The Kier molecular flexibility index (Phi) is 4.09. The van der Waals surface area contributed by atoms with E-state index in [9.17, 15) is 13.2 Å². The van der Waals surface area contributed by atoms with Crippen LogP contribution < -0.4 is 0 Å². The zero-order valence-corrected chi connectivity index (χ0v) is 12.9. The third-order valence-electron chi connectivity index (χ3n) is 4.35. The van der Waals surface area contributed by atoms with Gasteiger partial charge in [0.15, 0.2) is 11.5 Å². The van der Waals surface area contributed by atoms with Crippen LogP contribution in [0.1, 0.15) is 43.4 Å². The van der Waals surface area contributed by atoms with Gasteiger partial charge in [-0.1, -0.05) is 0 Å². The molecule has 0 saturated carbocycles. The number of piperidine rings is 1. The number of hydrogen-bond donors (Lipinski definition) is 0. The smallest absolute Gasteiger partial charge is 0.293 e. The van der Waals surface area contributed by atoms with Gasteiger partial charge in [-0.25, -0.2) is 4.68 Å². The lowest BCUT2D eigenvalue weighted by molar-refractivity contribution is -0.141. The van der Waals surface area contributed by atoms with Gasteiger partial charge in [-0.15, -0.1) is 5.10 Å². The molecule has 3 rings (SSSR count). The topological polar surface area (TPSA) is 64.7 Å². The molecule has 1 atom stereocenters. The molecule has 0 radical (unpaired) electrons. The Morgan fingerprint density at radius 1 is 1.26 bits per heavy atom. The summed E-state index contributed by atoms with van der Waals surface area (Å²) in [6, 6.07) is 1.09. The molecule has 0 aliphatic carbocycles. The van der Waals surface area contributed by atoms with Gasteiger partial charge in [0.1, 0.15) is 0 Å². The van der Waals surface area contributed by atoms with Gasteiger partial charge in [0, 0.05) is 26.3 Å². The average molecular weight is 329 g/mol. The quantitative estimate of drug-likeness (QED) is 0.859. The zero-order valence-electron chi connectivity index (χ0n) is 12.9. The number of rotatable bonds is 3. The molecule has 23 heavy (non-hydrogen) atoms. The fourth-order valence-corrected chi connectivity index (χ4v) is 2.98. The molecule has 0 spiro atoms. The zero-order chi connectivity index (χ0) is 16.6. The Balaban J connectivity index is 1.62. The van der Waals surface area contributed by atoms with E-state index in [1.165, 1.54) is 10.9 Å². The van der Waals surface area contributed by atoms with Crippen LogP contribution in [0, 0.1) is 0 Å². The Morgan fingerprint density at radius 2 is 1.96 bits per heavy atom. The molecule has 0 N–H and O–H groups in total. The second kappa shape index (κ2) is 5.91. The van der Waals surface area contributed by atoms with Crippen molar-refractivity contribution in [2.75, 3.05) is 13.1 Å². The molecule has 7 nitrogen and oxygen atoms in total. The van der Waals surface area contributed by atoms with Crippen molar-refractivity contribution in [1.82, 2.24) is 34.9 Å². The van der Waals surface area contributed by atoms with Gasteiger partial charge in [-0.2, -0.15) is 18.3 Å². The molecule has 1 aliphatic rings. The van der Waals surface area contributed by atoms with Gasteiger partial charge in [-0.05, 0) is 36.3 Å². The van der Waals surface area contributed by atoms with Crippen LogP contribution in [-0.4, -0.2) is 48.0 Å². The van der Waals surface area contributed by atoms with Crippen LogP contribution in [0.4, 0.5) is 13.2 Å². The summed E-state index contributed by atoms with van der Waals surface area (Å²) < 4.78 is 41.0. The lowest BCUT2D eigenvalue weighted by Crippen LogP contribution is -2.37. The van der Waals surface area contributed by atoms with Crippen molar-refractivity contribution in [1.29, 1.82) is 0 Å². The van der Waals surface area contributed by atoms with Crippen molar-refractivity contribution in [3.8, 4) is 0 Å². The molecule has 0 amide bonds. The van der Waals surface area contributed by atoms with Crippen molar-refractivity contribution in [2.24, 2.45) is 7.05 Å². The largest absolute Gasteiger partial charge is 0.435 e. The molecule has 0 unspecified atom stereocenters. The number of alkyl halides is 3. The van der Waals surface area contributed by atoms with Gasteiger partial charge in [0.05, 0.1) is 12.1 Å². The third-order valence-corrected chi connectivity index (χ3v) is 4.35. The molecular weight excluding hydrogens is 311 g/mol. The maximum atomic E-state index is 12.6. The van der Waals surface area contributed by atoms with Gasteiger partial charge >= 0.3 is 6.18 Å². The van der Waals surface area contributed by atoms with E-state index in [4.69, 9.17) is 0 Å². The molecule has 0 aromatic carbocycles. The molecular formula is C13H18F3N7. The van der Waals surface area contributed by atoms with Crippen LogP contribution in [0.3, 0.4) is 0 Å². The van der Waals surface area contributed by atoms with E-state index in [2.05, 4.69) is 25.5 Å². The van der Waals surface area contributed by atoms with Crippen LogP contribution in [-0.2, 0) is 13.2 Å². The summed E-state index contributed by atoms with van der Waals surface area (Å²) in [5, 5.41) is 15.2. The number of likely N-dealkylation sites (tertiary alicyclic amines) is 1. The summed E-state index contributed by atoms with van der Waals surface area (Å²) >= 11 is 0. The normalized spacial score (nSPS) is 19.2. The minimum Gasteiger partial charge on any atom is -0.293 e. The van der Waals surface area contributed by atoms with Gasteiger partial charge in [0.25, 0.3) is 0 Å². The van der Waals surface area contributed by atoms with Crippen molar-refractivity contribution < 1.29 is 13.2 Å². The maximum absolute atomic E-state index is 12.6. The predicted octanol–water partition coefficient (Wildman–Crippen LogP) is 1.82. The molecule has 1 saturated heterocycles. The number of aryl methyl sites for hydroxylation is 1. The lowest BCUT2D eigenvalue weighted by Gasteiger charge is -2.35. The highest BCUT2D eigenvalue weighted by atomic mass is 19.4. The number of aromatic nitrogens is 6. The molecule has 3 heterocycles. The Morgan fingerprint density at radius 3 is 2.48 bits per heavy atom. The molecule has 1 fully saturated rings. The molecule has 2 aromatic heterocycles. The van der Waals surface area contributed by atoms with Gasteiger partial charge < -0.3 is 0 Å². The maximum Gasteiger partial charge on any atom is 0.435 e. The van der Waals surface area contributed by atoms with E-state index < -0.39 is 11.9 Å². The molecule has 126 valence electrons. The number of nitrogens with zero attached hydrogens (tertiary/aromatic N) is 7. The van der Waals surface area contributed by atoms with E-state index in [0.717, 1.165) is 37.8 Å². The molecule has 10 heteroatoms. The van der Waals surface area contributed by atoms with Crippen molar-refractivity contribution in [3.63, 3.8) is 0 Å². The first-order chi connectivity index (χ1) is 10.9. The van der Waals surface area contributed by atoms with Crippen LogP contribution in [0.5, 0.6) is 0 Å². The fraction of sp³-hybridized carbons (Fsp3) is 0.692. The van der Waals surface area contributed by atoms with Crippen LogP contribution in [0.25, 0.3) is 0 Å². The van der Waals surface area contributed by atoms with E-state index >= 15 is 0 Å². The molecule has 2 aromatic rings. The average Bonchev–Trinajstić information content (AvgIpc) is 3.15. The Hall–Kier alpha value is -1.97. The highest BCUT2D eigenvalue weighted by molar-refractivity contribution is 5.04. The fourth-order valence-electron chi connectivity index (χ4n) is 2.98. The first-order valence-corrected chi connectivity index (χ1v) is 7.45. The van der Waals surface area contributed by atoms with E-state index in [0.29, 0.717) is 0 Å². The highest BCUT2D eigenvalue weighted by Gasteiger charge is 2.34. The number of hydrogen-bond acceptors (Lipinski definition) is 5. The molecule has 1 aliphatic heterocycles. The lowest BCUT2D eigenvalue weighted by atomic mass is 10.0. The summed E-state index contributed by atoms with van der Waals surface area (Å²) in [5.41, 5.74) is -0.835.